The third-order valence-corrected chi connectivity index (χ3v) is 4.32. The minimum Gasteiger partial charge on any atom is -0.477 e. The number of Topliss-reactive ketones (excluding diaryl/α,β-unsaturated/α-hetero) is 1. The van der Waals surface area contributed by atoms with E-state index in [9.17, 15) is 23.2 Å². The molecule has 0 saturated heterocycles. The van der Waals surface area contributed by atoms with Crippen molar-refractivity contribution in [3.8, 4) is 11.9 Å². The highest BCUT2D eigenvalue weighted by atomic mass is 19.4. The SMILES string of the molecule is C.CCOc1nc(N)nc(N[C@@H](CCCN)C(=O)Cc2cccc(C(F)(F)F)c2)c1C#N. The maximum absolute atomic E-state index is 13.0. The lowest BCUT2D eigenvalue weighted by atomic mass is 9.98. The van der Waals surface area contributed by atoms with Crippen LogP contribution in [0.5, 0.6) is 5.88 Å². The van der Waals surface area contributed by atoms with Gasteiger partial charge in [0.25, 0.3) is 0 Å². The van der Waals surface area contributed by atoms with Gasteiger partial charge in [-0.2, -0.15) is 28.4 Å². The predicted octanol–water partition coefficient (Wildman–Crippen LogP) is 3.32. The number of nitrogens with one attached hydrogen (secondary N) is 1. The van der Waals surface area contributed by atoms with Crippen LogP contribution in [0, 0.1) is 11.3 Å². The number of rotatable bonds is 10. The van der Waals surface area contributed by atoms with Crippen molar-refractivity contribution in [1.82, 2.24) is 9.97 Å². The van der Waals surface area contributed by atoms with Crippen LogP contribution in [-0.4, -0.2) is 34.9 Å². The summed E-state index contributed by atoms with van der Waals surface area (Å²) in [7, 11) is 0. The van der Waals surface area contributed by atoms with Gasteiger partial charge in [0, 0.05) is 6.42 Å². The van der Waals surface area contributed by atoms with Crippen LogP contribution < -0.4 is 21.5 Å². The standard InChI is InChI=1S/C20H23F3N6O2.CH4/c1-2-31-18-14(11-25)17(28-19(26)29-18)27-15(7-4-8-24)16(30)10-12-5-3-6-13(9-12)20(21,22)23;/h3,5-6,9,15H,2,4,7-8,10,24H2,1H3,(H3,26,27,28,29);1H4/t15-;/m0./s1. The summed E-state index contributed by atoms with van der Waals surface area (Å²) < 4.78 is 44.2. The van der Waals surface area contributed by atoms with Crippen molar-refractivity contribution >= 4 is 17.5 Å². The topological polar surface area (TPSA) is 140 Å². The monoisotopic (exact) mass is 452 g/mol. The lowest BCUT2D eigenvalue weighted by Crippen LogP contribution is -2.32. The largest absolute Gasteiger partial charge is 0.477 e. The Kier molecular flexibility index (Phi) is 9.87. The summed E-state index contributed by atoms with van der Waals surface area (Å²) in [5.74, 6) is -0.555. The number of nitrogens with two attached hydrogens (primary N) is 2. The van der Waals surface area contributed by atoms with Gasteiger partial charge in [0.15, 0.2) is 17.2 Å². The number of alkyl halides is 3. The van der Waals surface area contributed by atoms with Gasteiger partial charge < -0.3 is 21.5 Å². The first-order chi connectivity index (χ1) is 14.7. The van der Waals surface area contributed by atoms with Crippen LogP contribution in [0.15, 0.2) is 24.3 Å². The molecule has 2 rings (SSSR count). The van der Waals surface area contributed by atoms with Crippen LogP contribution >= 0.6 is 0 Å². The van der Waals surface area contributed by atoms with Gasteiger partial charge in [-0.3, -0.25) is 4.79 Å². The predicted molar refractivity (Wildman–Crippen MR) is 115 cm³/mol. The summed E-state index contributed by atoms with van der Waals surface area (Å²) in [6.45, 7) is 2.24. The summed E-state index contributed by atoms with van der Waals surface area (Å²) in [6, 6.07) is 5.65. The molecule has 0 aliphatic heterocycles. The molecule has 0 radical (unpaired) electrons. The van der Waals surface area contributed by atoms with E-state index in [0.29, 0.717) is 13.0 Å². The molecule has 1 aromatic heterocycles. The Morgan fingerprint density at radius 2 is 2.06 bits per heavy atom. The Labute approximate surface area is 184 Å². The van der Waals surface area contributed by atoms with E-state index in [0.717, 1.165) is 12.1 Å². The second kappa shape index (κ2) is 11.9. The molecule has 174 valence electrons. The van der Waals surface area contributed by atoms with Gasteiger partial charge in [-0.25, -0.2) is 0 Å². The Morgan fingerprint density at radius 1 is 1.34 bits per heavy atom. The molecule has 32 heavy (non-hydrogen) atoms. The van der Waals surface area contributed by atoms with Crippen molar-refractivity contribution < 1.29 is 22.7 Å². The normalized spacial score (nSPS) is 11.8. The van der Waals surface area contributed by atoms with Crippen LogP contribution in [0.4, 0.5) is 24.9 Å². The summed E-state index contributed by atoms with van der Waals surface area (Å²) in [4.78, 5) is 20.8. The minimum atomic E-state index is -4.51. The van der Waals surface area contributed by atoms with Gasteiger partial charge in [-0.1, -0.05) is 25.6 Å². The number of nitrogen functional groups attached to an aromatic ring is 1. The molecule has 0 unspecified atom stereocenters. The Hall–Kier alpha value is -3.39. The molecule has 0 amide bonds. The van der Waals surface area contributed by atoms with Crippen molar-refractivity contribution in [2.24, 2.45) is 5.73 Å². The molecule has 0 bridgehead atoms. The zero-order valence-corrected chi connectivity index (χ0v) is 16.9. The van der Waals surface area contributed by atoms with Gasteiger partial charge in [-0.05, 0) is 37.9 Å². The molecular weight excluding hydrogens is 425 g/mol. The summed E-state index contributed by atoms with van der Waals surface area (Å²) in [6.07, 6.45) is -4.00. The van der Waals surface area contributed by atoms with E-state index in [4.69, 9.17) is 16.2 Å². The second-order valence-corrected chi connectivity index (χ2v) is 6.62. The Balaban J connectivity index is 0.00000512. The molecule has 5 N–H and O–H groups in total. The number of carbonyl (C=O) groups excluding carboxylic acids is 1. The van der Waals surface area contributed by atoms with Crippen LogP contribution in [0.1, 0.15) is 43.9 Å². The molecule has 1 heterocycles. The second-order valence-electron chi connectivity index (χ2n) is 6.62. The Morgan fingerprint density at radius 3 is 2.66 bits per heavy atom. The molecule has 0 aliphatic rings. The van der Waals surface area contributed by atoms with Crippen LogP contribution in [0.2, 0.25) is 0 Å². The van der Waals surface area contributed by atoms with E-state index in [1.807, 2.05) is 6.07 Å². The van der Waals surface area contributed by atoms with Gasteiger partial charge in [0.1, 0.15) is 6.07 Å². The maximum Gasteiger partial charge on any atom is 0.416 e. The third kappa shape index (κ3) is 7.09. The fourth-order valence-electron chi connectivity index (χ4n) is 2.89. The summed E-state index contributed by atoms with van der Waals surface area (Å²) >= 11 is 0. The number of nitrogens with zero attached hydrogens (tertiary/aromatic N) is 3. The minimum absolute atomic E-state index is 0. The molecule has 0 aliphatic carbocycles. The van der Waals surface area contributed by atoms with Gasteiger partial charge >= 0.3 is 6.18 Å². The third-order valence-electron chi connectivity index (χ3n) is 4.32. The van der Waals surface area contributed by atoms with Crippen molar-refractivity contribution in [1.29, 1.82) is 5.26 Å². The average Bonchev–Trinajstić information content (AvgIpc) is 2.70. The van der Waals surface area contributed by atoms with E-state index in [-0.39, 0.29) is 61.4 Å². The molecule has 0 fully saturated rings. The number of ketones is 1. The zero-order valence-electron chi connectivity index (χ0n) is 16.9. The molecule has 8 nitrogen and oxygen atoms in total. The fourth-order valence-corrected chi connectivity index (χ4v) is 2.89. The lowest BCUT2D eigenvalue weighted by Gasteiger charge is -2.20. The molecule has 0 saturated carbocycles. The number of carbonyl (C=O) groups is 1. The molecule has 1 aromatic carbocycles. The number of nitriles is 1. The summed E-state index contributed by atoms with van der Waals surface area (Å²) in [5, 5.41) is 12.4. The van der Waals surface area contributed by atoms with Crippen molar-refractivity contribution in [3.63, 3.8) is 0 Å². The lowest BCUT2D eigenvalue weighted by molar-refractivity contribution is -0.137. The molecule has 0 spiro atoms. The molecule has 11 heteroatoms. The van der Waals surface area contributed by atoms with Crippen molar-refractivity contribution in [2.75, 3.05) is 24.2 Å². The fraction of sp³-hybridized carbons (Fsp3) is 0.429. The first kappa shape index (κ1) is 26.6. The summed E-state index contributed by atoms with van der Waals surface area (Å²) in [5.41, 5.74) is 10.6. The highest BCUT2D eigenvalue weighted by Crippen LogP contribution is 2.30. The van der Waals surface area contributed by atoms with Crippen molar-refractivity contribution in [3.05, 3.63) is 41.0 Å². The molecular formula is C21H27F3N6O2. The van der Waals surface area contributed by atoms with Gasteiger partial charge in [-0.15, -0.1) is 0 Å². The van der Waals surface area contributed by atoms with Gasteiger partial charge in [0.2, 0.25) is 11.8 Å². The number of halogens is 3. The van der Waals surface area contributed by atoms with E-state index in [2.05, 4.69) is 15.3 Å². The van der Waals surface area contributed by atoms with E-state index in [1.165, 1.54) is 12.1 Å². The van der Waals surface area contributed by atoms with E-state index < -0.39 is 17.8 Å². The number of hydrogen-bond donors (Lipinski definition) is 3. The van der Waals surface area contributed by atoms with Crippen LogP contribution in [0.25, 0.3) is 0 Å². The molecule has 1 atom stereocenters. The highest BCUT2D eigenvalue weighted by Gasteiger charge is 2.31. The van der Waals surface area contributed by atoms with E-state index in [1.54, 1.807) is 6.92 Å². The van der Waals surface area contributed by atoms with Crippen molar-refractivity contribution in [2.45, 2.75) is 45.8 Å². The van der Waals surface area contributed by atoms with Crippen LogP contribution in [-0.2, 0) is 17.4 Å². The first-order valence-electron chi connectivity index (χ1n) is 9.55. The first-order valence-corrected chi connectivity index (χ1v) is 9.55. The smallest absolute Gasteiger partial charge is 0.416 e. The van der Waals surface area contributed by atoms with Crippen LogP contribution in [0.3, 0.4) is 0 Å². The molecule has 2 aromatic rings. The average molecular weight is 452 g/mol. The number of ether oxygens (including phenoxy) is 1. The number of anilines is 2. The highest BCUT2D eigenvalue weighted by molar-refractivity contribution is 5.88. The maximum atomic E-state index is 13.0. The van der Waals surface area contributed by atoms with Gasteiger partial charge in [0.05, 0.1) is 18.2 Å². The quantitative estimate of drug-likeness (QED) is 0.499. The zero-order chi connectivity index (χ0) is 23.0. The number of hydrogen-bond acceptors (Lipinski definition) is 8. The number of aromatic nitrogens is 2. The number of benzene rings is 1. The Bertz CT molecular complexity index is 960. The van der Waals surface area contributed by atoms with E-state index >= 15 is 0 Å².